The maximum atomic E-state index is 13.0. The molecule has 7 nitrogen and oxygen atoms in total. The maximum Gasteiger partial charge on any atom is 0.338 e. The number of hydrogen-bond acceptors (Lipinski definition) is 6. The number of halogens is 1. The lowest BCUT2D eigenvalue weighted by atomic mass is 10.1. The monoisotopic (exact) mass is 489 g/mol. The lowest BCUT2D eigenvalue weighted by Gasteiger charge is -2.36. The van der Waals surface area contributed by atoms with Crippen molar-refractivity contribution in [3.63, 3.8) is 0 Å². The van der Waals surface area contributed by atoms with E-state index in [1.165, 1.54) is 0 Å². The Balaban J connectivity index is 1.89. The zero-order chi connectivity index (χ0) is 22.4. The number of likely N-dealkylation sites (N-methyl/N-ethyl adjacent to an activating group) is 1. The lowest BCUT2D eigenvalue weighted by molar-refractivity contribution is 0.0526. The molecule has 0 bridgehead atoms. The summed E-state index contributed by atoms with van der Waals surface area (Å²) in [5.74, 6) is -0.0271. The fourth-order valence-electron chi connectivity index (χ4n) is 3.56. The second-order valence-corrected chi connectivity index (χ2v) is 8.03. The Kier molecular flexibility index (Phi) is 7.92. The number of amides is 1. The number of carbonyl (C=O) groups is 2. The largest absolute Gasteiger partial charge is 0.496 e. The first-order valence-electron chi connectivity index (χ1n) is 10.4. The average molecular weight is 490 g/mol. The molecule has 0 radical (unpaired) electrons. The van der Waals surface area contributed by atoms with Gasteiger partial charge in [-0.1, -0.05) is 6.92 Å². The minimum atomic E-state index is -0.410. The molecular weight excluding hydrogens is 462 g/mol. The highest BCUT2D eigenvalue weighted by atomic mass is 79.9. The van der Waals surface area contributed by atoms with Crippen molar-refractivity contribution >= 4 is 39.2 Å². The van der Waals surface area contributed by atoms with Crippen molar-refractivity contribution < 1.29 is 19.1 Å². The van der Waals surface area contributed by atoms with Gasteiger partial charge in [0, 0.05) is 31.7 Å². The van der Waals surface area contributed by atoms with Crippen LogP contribution in [0, 0.1) is 0 Å². The molecule has 1 aliphatic rings. The standard InChI is InChI=1S/C23H28BrN3O4/c1-4-26-10-12-27(13-11-26)20-8-6-17(23(29)31-5-2)15-19(20)25-22(28)16-7-9-21(30-3)18(24)14-16/h6-9,14-15H,4-5,10-13H2,1-3H3,(H,25,28). The second-order valence-electron chi connectivity index (χ2n) is 7.18. The minimum absolute atomic E-state index is 0.266. The van der Waals surface area contributed by atoms with Crippen molar-refractivity contribution in [2.24, 2.45) is 0 Å². The summed E-state index contributed by atoms with van der Waals surface area (Å²) in [4.78, 5) is 29.9. The molecule has 2 aromatic carbocycles. The maximum absolute atomic E-state index is 13.0. The molecular formula is C23H28BrN3O4. The Morgan fingerprint density at radius 2 is 1.74 bits per heavy atom. The molecule has 0 unspecified atom stereocenters. The van der Waals surface area contributed by atoms with E-state index in [2.05, 4.69) is 38.0 Å². The van der Waals surface area contributed by atoms with Crippen LogP contribution in [0.4, 0.5) is 11.4 Å². The topological polar surface area (TPSA) is 71.1 Å². The van der Waals surface area contributed by atoms with Gasteiger partial charge in [0.2, 0.25) is 0 Å². The molecule has 1 aliphatic heterocycles. The van der Waals surface area contributed by atoms with Gasteiger partial charge in [-0.2, -0.15) is 0 Å². The first-order chi connectivity index (χ1) is 15.0. The van der Waals surface area contributed by atoms with E-state index in [9.17, 15) is 9.59 Å². The number of benzene rings is 2. The van der Waals surface area contributed by atoms with Gasteiger partial charge in [0.1, 0.15) is 5.75 Å². The van der Waals surface area contributed by atoms with Crippen molar-refractivity contribution in [3.8, 4) is 5.75 Å². The zero-order valence-electron chi connectivity index (χ0n) is 18.1. The van der Waals surface area contributed by atoms with E-state index in [1.807, 2.05) is 6.07 Å². The van der Waals surface area contributed by atoms with E-state index in [-0.39, 0.29) is 5.91 Å². The van der Waals surface area contributed by atoms with Crippen molar-refractivity contribution in [3.05, 3.63) is 52.0 Å². The molecule has 31 heavy (non-hydrogen) atoms. The first-order valence-corrected chi connectivity index (χ1v) is 11.2. The Morgan fingerprint density at radius 1 is 1.03 bits per heavy atom. The van der Waals surface area contributed by atoms with Gasteiger partial charge < -0.3 is 24.6 Å². The Hall–Kier alpha value is -2.58. The van der Waals surface area contributed by atoms with E-state index >= 15 is 0 Å². The van der Waals surface area contributed by atoms with Crippen molar-refractivity contribution in [2.75, 3.05) is 56.7 Å². The smallest absolute Gasteiger partial charge is 0.338 e. The molecule has 166 valence electrons. The van der Waals surface area contributed by atoms with Crippen LogP contribution >= 0.6 is 15.9 Å². The zero-order valence-corrected chi connectivity index (χ0v) is 19.7. The van der Waals surface area contributed by atoms with Gasteiger partial charge >= 0.3 is 5.97 Å². The molecule has 0 saturated carbocycles. The number of piperazine rings is 1. The molecule has 3 rings (SSSR count). The van der Waals surface area contributed by atoms with Crippen LogP contribution in [0.15, 0.2) is 40.9 Å². The molecule has 1 N–H and O–H groups in total. The predicted octanol–water partition coefficient (Wildman–Crippen LogP) is 4.03. The second kappa shape index (κ2) is 10.6. The fraction of sp³-hybridized carbons (Fsp3) is 0.391. The predicted molar refractivity (Wildman–Crippen MR) is 125 cm³/mol. The summed E-state index contributed by atoms with van der Waals surface area (Å²) in [5, 5.41) is 2.99. The molecule has 1 fully saturated rings. The molecule has 0 spiro atoms. The van der Waals surface area contributed by atoms with E-state index < -0.39 is 5.97 Å². The van der Waals surface area contributed by atoms with Crippen LogP contribution in [0.3, 0.4) is 0 Å². The third kappa shape index (κ3) is 5.57. The van der Waals surface area contributed by atoms with Crippen LogP contribution < -0.4 is 15.0 Å². The van der Waals surface area contributed by atoms with E-state index in [0.717, 1.165) is 38.4 Å². The summed E-state index contributed by atoms with van der Waals surface area (Å²) in [6.07, 6.45) is 0. The molecule has 1 heterocycles. The summed E-state index contributed by atoms with van der Waals surface area (Å²) >= 11 is 3.42. The van der Waals surface area contributed by atoms with E-state index in [0.29, 0.717) is 33.6 Å². The number of rotatable bonds is 7. The van der Waals surface area contributed by atoms with Crippen LogP contribution in [-0.2, 0) is 4.74 Å². The summed E-state index contributed by atoms with van der Waals surface area (Å²) < 4.78 is 11.1. The molecule has 0 aliphatic carbocycles. The molecule has 0 aromatic heterocycles. The highest BCUT2D eigenvalue weighted by Crippen LogP contribution is 2.30. The average Bonchev–Trinajstić information content (AvgIpc) is 2.79. The van der Waals surface area contributed by atoms with Crippen LogP contribution in [0.5, 0.6) is 5.75 Å². The molecule has 1 amide bonds. The summed E-state index contributed by atoms with van der Waals surface area (Å²) in [6.45, 7) is 8.84. The van der Waals surface area contributed by atoms with Crippen molar-refractivity contribution in [1.82, 2.24) is 4.90 Å². The summed E-state index contributed by atoms with van der Waals surface area (Å²) in [5.41, 5.74) is 2.37. The van der Waals surface area contributed by atoms with Gasteiger partial charge in [0.15, 0.2) is 0 Å². The fourth-order valence-corrected chi connectivity index (χ4v) is 4.10. The number of nitrogens with zero attached hydrogens (tertiary/aromatic N) is 2. The normalized spacial score (nSPS) is 14.3. The highest BCUT2D eigenvalue weighted by molar-refractivity contribution is 9.10. The van der Waals surface area contributed by atoms with E-state index in [1.54, 1.807) is 44.4 Å². The number of nitrogens with one attached hydrogen (secondary N) is 1. The molecule has 1 saturated heterocycles. The Labute approximate surface area is 191 Å². The minimum Gasteiger partial charge on any atom is -0.496 e. The van der Waals surface area contributed by atoms with E-state index in [4.69, 9.17) is 9.47 Å². The van der Waals surface area contributed by atoms with Gasteiger partial charge in [-0.15, -0.1) is 0 Å². The number of esters is 1. The van der Waals surface area contributed by atoms with Crippen LogP contribution in [0.1, 0.15) is 34.6 Å². The van der Waals surface area contributed by atoms with Gasteiger partial charge in [-0.05, 0) is 65.8 Å². The Morgan fingerprint density at radius 3 is 2.35 bits per heavy atom. The van der Waals surface area contributed by atoms with Crippen LogP contribution in [0.25, 0.3) is 0 Å². The van der Waals surface area contributed by atoms with Gasteiger partial charge in [0.25, 0.3) is 5.91 Å². The molecule has 8 heteroatoms. The number of ether oxygens (including phenoxy) is 2. The lowest BCUT2D eigenvalue weighted by Crippen LogP contribution is -2.46. The van der Waals surface area contributed by atoms with Crippen molar-refractivity contribution in [1.29, 1.82) is 0 Å². The number of anilines is 2. The van der Waals surface area contributed by atoms with Gasteiger partial charge in [0.05, 0.1) is 35.1 Å². The third-order valence-electron chi connectivity index (χ3n) is 5.33. The Bertz CT molecular complexity index is 942. The SMILES string of the molecule is CCOC(=O)c1ccc(N2CCN(CC)CC2)c(NC(=O)c2ccc(OC)c(Br)c2)c1. The van der Waals surface area contributed by atoms with Crippen LogP contribution in [-0.4, -0.2) is 63.2 Å². The highest BCUT2D eigenvalue weighted by Gasteiger charge is 2.21. The van der Waals surface area contributed by atoms with Crippen molar-refractivity contribution in [2.45, 2.75) is 13.8 Å². The molecule has 0 atom stereocenters. The van der Waals surface area contributed by atoms with Gasteiger partial charge in [-0.25, -0.2) is 4.79 Å². The van der Waals surface area contributed by atoms with Crippen LogP contribution in [0.2, 0.25) is 0 Å². The number of methoxy groups -OCH3 is 1. The number of hydrogen-bond donors (Lipinski definition) is 1. The quantitative estimate of drug-likeness (QED) is 0.592. The third-order valence-corrected chi connectivity index (χ3v) is 5.95. The summed E-state index contributed by atoms with van der Waals surface area (Å²) in [7, 11) is 1.57. The number of carbonyl (C=O) groups excluding carboxylic acids is 2. The molecule has 2 aromatic rings. The van der Waals surface area contributed by atoms with Gasteiger partial charge in [-0.3, -0.25) is 4.79 Å². The first kappa shape index (κ1) is 23.1. The summed E-state index contributed by atoms with van der Waals surface area (Å²) in [6, 6.07) is 10.5.